The number of nitrogens with zero attached hydrogens (tertiary/aromatic N) is 2. The van der Waals surface area contributed by atoms with Gasteiger partial charge in [-0.25, -0.2) is 0 Å². The number of nitrogen functional groups attached to an aromatic ring is 1. The molecular weight excluding hydrogens is 332 g/mol. The van der Waals surface area contributed by atoms with Crippen LogP contribution in [0.15, 0.2) is 18.2 Å². The minimum absolute atomic E-state index is 0.172. The highest BCUT2D eigenvalue weighted by atomic mass is 35.5. The maximum absolute atomic E-state index is 6.27. The Morgan fingerprint density at radius 3 is 2.87 bits per heavy atom. The van der Waals surface area contributed by atoms with Crippen molar-refractivity contribution in [3.05, 3.63) is 33.8 Å². The fourth-order valence-corrected chi connectivity index (χ4v) is 2.91. The number of hydrogen-bond donors (Lipinski definition) is 2. The van der Waals surface area contributed by atoms with Crippen LogP contribution in [0.25, 0.3) is 0 Å². The molecule has 2 rings (SSSR count). The lowest BCUT2D eigenvalue weighted by Crippen LogP contribution is -2.15. The molecule has 0 fully saturated rings. The van der Waals surface area contributed by atoms with Crippen molar-refractivity contribution in [2.45, 2.75) is 45.8 Å². The first kappa shape index (κ1) is 18.0. The van der Waals surface area contributed by atoms with Gasteiger partial charge in [-0.15, -0.1) is 10.2 Å². The van der Waals surface area contributed by atoms with Gasteiger partial charge in [-0.05, 0) is 44.0 Å². The molecule has 1 aromatic carbocycles. The molecule has 1 heterocycles. The number of aryl methyl sites for hydroxylation is 1. The van der Waals surface area contributed by atoms with E-state index in [-0.39, 0.29) is 6.10 Å². The van der Waals surface area contributed by atoms with Gasteiger partial charge in [0.15, 0.2) is 0 Å². The summed E-state index contributed by atoms with van der Waals surface area (Å²) in [4.78, 5) is 0. The molecule has 0 bridgehead atoms. The van der Waals surface area contributed by atoms with Crippen molar-refractivity contribution in [2.24, 2.45) is 0 Å². The number of benzene rings is 1. The molecule has 0 amide bonds. The number of nitrogens with one attached hydrogen (secondary N) is 1. The number of hydrogen-bond acceptors (Lipinski definition) is 6. The highest BCUT2D eigenvalue weighted by Crippen LogP contribution is 2.26. The third-order valence-corrected chi connectivity index (χ3v) is 4.56. The van der Waals surface area contributed by atoms with E-state index >= 15 is 0 Å². The van der Waals surface area contributed by atoms with E-state index in [2.05, 4.69) is 22.4 Å². The molecule has 0 saturated heterocycles. The van der Waals surface area contributed by atoms with Gasteiger partial charge in [0, 0.05) is 13.0 Å². The van der Waals surface area contributed by atoms with E-state index in [0.717, 1.165) is 48.7 Å². The van der Waals surface area contributed by atoms with E-state index in [4.69, 9.17) is 22.1 Å². The summed E-state index contributed by atoms with van der Waals surface area (Å²) in [5.41, 5.74) is 6.70. The quantitative estimate of drug-likeness (QED) is 0.672. The van der Waals surface area contributed by atoms with Crippen LogP contribution in [0.4, 0.5) is 5.13 Å². The Morgan fingerprint density at radius 2 is 2.22 bits per heavy atom. The van der Waals surface area contributed by atoms with Crippen molar-refractivity contribution in [3.63, 3.8) is 0 Å². The Labute approximate surface area is 146 Å². The second-order valence-electron chi connectivity index (χ2n) is 5.42. The molecule has 0 spiro atoms. The average molecular weight is 355 g/mol. The Balaban J connectivity index is 1.72. The van der Waals surface area contributed by atoms with Crippen LogP contribution in [0, 0.1) is 0 Å². The molecule has 0 aliphatic heterocycles. The fourth-order valence-electron chi connectivity index (χ4n) is 2.01. The molecule has 23 heavy (non-hydrogen) atoms. The summed E-state index contributed by atoms with van der Waals surface area (Å²) in [6.45, 7) is 5.81. The molecular formula is C16H23ClN4OS. The largest absolute Gasteiger partial charge is 0.489 e. The Bertz CT molecular complexity index is 620. The summed E-state index contributed by atoms with van der Waals surface area (Å²) in [5.74, 6) is 0.749. The normalized spacial score (nSPS) is 12.3. The predicted molar refractivity (Wildman–Crippen MR) is 96.2 cm³/mol. The summed E-state index contributed by atoms with van der Waals surface area (Å²) in [5, 5.41) is 13.4. The molecule has 5 nitrogen and oxygen atoms in total. The van der Waals surface area contributed by atoms with Crippen LogP contribution >= 0.6 is 22.9 Å². The highest BCUT2D eigenvalue weighted by Gasteiger charge is 2.07. The molecule has 0 aliphatic rings. The van der Waals surface area contributed by atoms with Crippen molar-refractivity contribution in [3.8, 4) is 5.75 Å². The van der Waals surface area contributed by atoms with E-state index in [1.54, 1.807) is 0 Å². The van der Waals surface area contributed by atoms with Crippen LogP contribution in [0.5, 0.6) is 5.75 Å². The molecule has 7 heteroatoms. The minimum Gasteiger partial charge on any atom is -0.489 e. The van der Waals surface area contributed by atoms with Crippen molar-refractivity contribution in [1.82, 2.24) is 15.5 Å². The van der Waals surface area contributed by atoms with Gasteiger partial charge in [0.1, 0.15) is 10.8 Å². The number of ether oxygens (including phenoxy) is 1. The number of aromatic nitrogens is 2. The van der Waals surface area contributed by atoms with E-state index in [9.17, 15) is 0 Å². The Kier molecular flexibility index (Phi) is 7.08. The highest BCUT2D eigenvalue weighted by molar-refractivity contribution is 7.15. The van der Waals surface area contributed by atoms with Crippen molar-refractivity contribution >= 4 is 28.1 Å². The summed E-state index contributed by atoms with van der Waals surface area (Å²) < 4.78 is 5.77. The minimum atomic E-state index is 0.172. The molecule has 3 N–H and O–H groups in total. The first-order valence-electron chi connectivity index (χ1n) is 7.82. The molecule has 0 aliphatic carbocycles. The van der Waals surface area contributed by atoms with Crippen LogP contribution in [-0.4, -0.2) is 22.8 Å². The molecule has 2 aromatic rings. The SMILES string of the molecule is CCC(C)Oc1ccc(CNCCCc2nnc(N)s2)cc1Cl. The topological polar surface area (TPSA) is 73.1 Å². The summed E-state index contributed by atoms with van der Waals surface area (Å²) in [6, 6.07) is 5.94. The van der Waals surface area contributed by atoms with Crippen LogP contribution in [0.3, 0.4) is 0 Å². The standard InChI is InChI=1S/C16H23ClN4OS/c1-3-11(2)22-14-7-6-12(9-13(14)17)10-19-8-4-5-15-20-21-16(18)23-15/h6-7,9,11,19H,3-5,8,10H2,1-2H3,(H2,18,21). The van der Waals surface area contributed by atoms with E-state index in [1.807, 2.05) is 25.1 Å². The summed E-state index contributed by atoms with van der Waals surface area (Å²) in [6.07, 6.45) is 3.02. The van der Waals surface area contributed by atoms with Gasteiger partial charge in [-0.3, -0.25) is 0 Å². The number of nitrogens with two attached hydrogens (primary N) is 1. The van der Waals surface area contributed by atoms with Crippen molar-refractivity contribution in [1.29, 1.82) is 0 Å². The zero-order chi connectivity index (χ0) is 16.7. The van der Waals surface area contributed by atoms with E-state index in [1.165, 1.54) is 11.3 Å². The lowest BCUT2D eigenvalue weighted by Gasteiger charge is -2.14. The first-order valence-corrected chi connectivity index (χ1v) is 9.01. The van der Waals surface area contributed by atoms with Crippen molar-refractivity contribution < 1.29 is 4.74 Å². The average Bonchev–Trinajstić information content (AvgIpc) is 2.94. The number of halogens is 1. The monoisotopic (exact) mass is 354 g/mol. The second-order valence-corrected chi connectivity index (χ2v) is 6.92. The summed E-state index contributed by atoms with van der Waals surface area (Å²) >= 11 is 7.72. The summed E-state index contributed by atoms with van der Waals surface area (Å²) in [7, 11) is 0. The van der Waals surface area contributed by atoms with Gasteiger partial charge >= 0.3 is 0 Å². The zero-order valence-corrected chi connectivity index (χ0v) is 15.1. The molecule has 1 unspecified atom stereocenters. The van der Waals surface area contributed by atoms with Gasteiger partial charge in [0.25, 0.3) is 0 Å². The van der Waals surface area contributed by atoms with Crippen LogP contribution in [0.1, 0.15) is 37.3 Å². The van der Waals surface area contributed by atoms with Crippen LogP contribution in [-0.2, 0) is 13.0 Å². The maximum atomic E-state index is 6.27. The lowest BCUT2D eigenvalue weighted by molar-refractivity contribution is 0.217. The van der Waals surface area contributed by atoms with E-state index < -0.39 is 0 Å². The Hall–Kier alpha value is -1.37. The van der Waals surface area contributed by atoms with Crippen LogP contribution in [0.2, 0.25) is 5.02 Å². The van der Waals surface area contributed by atoms with Gasteiger partial charge in [-0.2, -0.15) is 0 Å². The molecule has 1 aromatic heterocycles. The third kappa shape index (κ3) is 5.97. The lowest BCUT2D eigenvalue weighted by atomic mass is 10.2. The number of rotatable bonds is 9. The van der Waals surface area contributed by atoms with Gasteiger partial charge in [0.2, 0.25) is 5.13 Å². The third-order valence-electron chi connectivity index (χ3n) is 3.46. The molecule has 126 valence electrons. The zero-order valence-electron chi connectivity index (χ0n) is 13.5. The predicted octanol–water partition coefficient (Wildman–Crippen LogP) is 3.67. The number of anilines is 1. The van der Waals surface area contributed by atoms with Crippen molar-refractivity contribution in [2.75, 3.05) is 12.3 Å². The van der Waals surface area contributed by atoms with Gasteiger partial charge in [0.05, 0.1) is 11.1 Å². The molecule has 1 atom stereocenters. The smallest absolute Gasteiger partial charge is 0.203 e. The fraction of sp³-hybridized carbons (Fsp3) is 0.500. The van der Waals surface area contributed by atoms with Gasteiger partial charge in [-0.1, -0.05) is 35.9 Å². The second kappa shape index (κ2) is 9.05. The van der Waals surface area contributed by atoms with Crippen LogP contribution < -0.4 is 15.8 Å². The molecule has 0 saturated carbocycles. The molecule has 0 radical (unpaired) electrons. The van der Waals surface area contributed by atoms with E-state index in [0.29, 0.717) is 10.2 Å². The first-order chi connectivity index (χ1) is 11.1. The Morgan fingerprint density at radius 1 is 1.39 bits per heavy atom. The maximum Gasteiger partial charge on any atom is 0.203 e. The van der Waals surface area contributed by atoms with Gasteiger partial charge < -0.3 is 15.8 Å².